The van der Waals surface area contributed by atoms with Crippen LogP contribution in [0.15, 0.2) is 49.3 Å². The number of aromatic nitrogens is 5. The van der Waals surface area contributed by atoms with Crippen molar-refractivity contribution in [2.45, 2.75) is 19.0 Å². The molecule has 0 saturated carbocycles. The standard InChI is InChI=1S/C17H21N7O/c1-12(13-4-6-15(7-5-13)24-11-19-10-21-24)22-17(25)16(18-2)14-8-20-23(3)9-14/h4-12,16,18H,1-3H3,(H,22,25). The van der Waals surface area contributed by atoms with Crippen LogP contribution in [0.25, 0.3) is 5.69 Å². The quantitative estimate of drug-likeness (QED) is 0.703. The molecule has 2 atom stereocenters. The number of amides is 1. The fourth-order valence-electron chi connectivity index (χ4n) is 2.68. The molecule has 0 fully saturated rings. The Morgan fingerprint density at radius 3 is 2.48 bits per heavy atom. The molecule has 1 aromatic carbocycles. The van der Waals surface area contributed by atoms with Crippen molar-refractivity contribution in [3.63, 3.8) is 0 Å². The lowest BCUT2D eigenvalue weighted by Crippen LogP contribution is -2.37. The maximum atomic E-state index is 12.6. The Hall–Kier alpha value is -3.00. The molecule has 1 amide bonds. The van der Waals surface area contributed by atoms with Gasteiger partial charge in [-0.15, -0.1) is 0 Å². The highest BCUT2D eigenvalue weighted by atomic mass is 16.2. The summed E-state index contributed by atoms with van der Waals surface area (Å²) in [4.78, 5) is 16.5. The van der Waals surface area contributed by atoms with Crippen molar-refractivity contribution in [3.05, 3.63) is 60.4 Å². The fraction of sp³-hybridized carbons (Fsp3) is 0.294. The van der Waals surface area contributed by atoms with Crippen molar-refractivity contribution in [3.8, 4) is 5.69 Å². The minimum atomic E-state index is -0.439. The normalized spacial score (nSPS) is 13.4. The molecule has 130 valence electrons. The van der Waals surface area contributed by atoms with E-state index in [0.717, 1.165) is 16.8 Å². The SMILES string of the molecule is CNC(C(=O)NC(C)c1ccc(-n2cncn2)cc1)c1cnn(C)c1. The maximum Gasteiger partial charge on any atom is 0.242 e. The Kier molecular flexibility index (Phi) is 4.90. The summed E-state index contributed by atoms with van der Waals surface area (Å²) in [6.45, 7) is 1.96. The minimum absolute atomic E-state index is 0.0941. The Morgan fingerprint density at radius 1 is 1.16 bits per heavy atom. The first kappa shape index (κ1) is 16.8. The van der Waals surface area contributed by atoms with Gasteiger partial charge in [0, 0.05) is 18.8 Å². The third-order valence-electron chi connectivity index (χ3n) is 4.04. The molecular weight excluding hydrogens is 318 g/mol. The lowest BCUT2D eigenvalue weighted by molar-refractivity contribution is -0.123. The van der Waals surface area contributed by atoms with Crippen molar-refractivity contribution in [1.29, 1.82) is 0 Å². The lowest BCUT2D eigenvalue weighted by atomic mass is 10.1. The van der Waals surface area contributed by atoms with E-state index in [-0.39, 0.29) is 11.9 Å². The predicted molar refractivity (Wildman–Crippen MR) is 92.9 cm³/mol. The summed E-state index contributed by atoms with van der Waals surface area (Å²) in [6.07, 6.45) is 6.66. The zero-order chi connectivity index (χ0) is 17.8. The number of carbonyl (C=O) groups is 1. The van der Waals surface area contributed by atoms with E-state index in [1.165, 1.54) is 6.33 Å². The molecule has 2 unspecified atom stereocenters. The third-order valence-corrected chi connectivity index (χ3v) is 4.04. The number of rotatable bonds is 6. The number of aryl methyl sites for hydroxylation is 1. The predicted octanol–water partition coefficient (Wildman–Crippen LogP) is 1.14. The summed E-state index contributed by atoms with van der Waals surface area (Å²) >= 11 is 0. The Labute approximate surface area is 145 Å². The number of likely N-dealkylation sites (N-methyl/N-ethyl adjacent to an activating group) is 1. The molecule has 3 rings (SSSR count). The summed E-state index contributed by atoms with van der Waals surface area (Å²) in [7, 11) is 3.59. The molecule has 0 aliphatic heterocycles. The van der Waals surface area contributed by atoms with Crippen LogP contribution >= 0.6 is 0 Å². The second-order valence-corrected chi connectivity index (χ2v) is 5.83. The minimum Gasteiger partial charge on any atom is -0.348 e. The highest BCUT2D eigenvalue weighted by molar-refractivity contribution is 5.83. The van der Waals surface area contributed by atoms with Crippen LogP contribution in [0.2, 0.25) is 0 Å². The summed E-state index contributed by atoms with van der Waals surface area (Å²) in [5, 5.41) is 14.3. The molecule has 2 heterocycles. The van der Waals surface area contributed by atoms with Crippen LogP contribution in [0, 0.1) is 0 Å². The Bertz CT molecular complexity index is 823. The average molecular weight is 339 g/mol. The van der Waals surface area contributed by atoms with Gasteiger partial charge in [0.05, 0.1) is 17.9 Å². The molecule has 2 aromatic heterocycles. The molecule has 8 heteroatoms. The van der Waals surface area contributed by atoms with Crippen molar-refractivity contribution < 1.29 is 4.79 Å². The van der Waals surface area contributed by atoms with Gasteiger partial charge in [0.2, 0.25) is 5.91 Å². The molecule has 2 N–H and O–H groups in total. The molecule has 0 bridgehead atoms. The molecule has 0 saturated heterocycles. The van der Waals surface area contributed by atoms with Crippen LogP contribution in [0.3, 0.4) is 0 Å². The smallest absolute Gasteiger partial charge is 0.242 e. The van der Waals surface area contributed by atoms with Crippen LogP contribution in [0.4, 0.5) is 0 Å². The Morgan fingerprint density at radius 2 is 1.92 bits per heavy atom. The zero-order valence-electron chi connectivity index (χ0n) is 14.4. The van der Waals surface area contributed by atoms with Gasteiger partial charge in [-0.05, 0) is 31.7 Å². The zero-order valence-corrected chi connectivity index (χ0v) is 14.4. The molecule has 0 aliphatic carbocycles. The second kappa shape index (κ2) is 7.27. The van der Waals surface area contributed by atoms with Crippen LogP contribution in [0.1, 0.15) is 30.1 Å². The second-order valence-electron chi connectivity index (χ2n) is 5.83. The monoisotopic (exact) mass is 339 g/mol. The van der Waals surface area contributed by atoms with Gasteiger partial charge in [-0.25, -0.2) is 9.67 Å². The average Bonchev–Trinajstić information content (AvgIpc) is 3.28. The maximum absolute atomic E-state index is 12.6. The van der Waals surface area contributed by atoms with Gasteiger partial charge in [0.15, 0.2) is 0 Å². The molecular formula is C17H21N7O. The van der Waals surface area contributed by atoms with E-state index in [1.54, 1.807) is 28.9 Å². The van der Waals surface area contributed by atoms with Gasteiger partial charge in [0.1, 0.15) is 18.7 Å². The third kappa shape index (κ3) is 3.74. The number of benzene rings is 1. The van der Waals surface area contributed by atoms with Gasteiger partial charge in [-0.3, -0.25) is 9.48 Å². The van der Waals surface area contributed by atoms with Gasteiger partial charge >= 0.3 is 0 Å². The molecule has 8 nitrogen and oxygen atoms in total. The summed E-state index contributed by atoms with van der Waals surface area (Å²) < 4.78 is 3.37. The van der Waals surface area contributed by atoms with Crippen LogP contribution < -0.4 is 10.6 Å². The van der Waals surface area contributed by atoms with Crippen LogP contribution in [-0.4, -0.2) is 37.5 Å². The van der Waals surface area contributed by atoms with E-state index < -0.39 is 6.04 Å². The van der Waals surface area contributed by atoms with E-state index in [1.807, 2.05) is 44.4 Å². The van der Waals surface area contributed by atoms with E-state index in [0.29, 0.717) is 0 Å². The van der Waals surface area contributed by atoms with Crippen LogP contribution in [0.5, 0.6) is 0 Å². The van der Waals surface area contributed by atoms with E-state index >= 15 is 0 Å². The van der Waals surface area contributed by atoms with Crippen molar-refractivity contribution in [2.75, 3.05) is 7.05 Å². The van der Waals surface area contributed by atoms with Crippen molar-refractivity contribution >= 4 is 5.91 Å². The summed E-state index contributed by atoms with van der Waals surface area (Å²) in [5.41, 5.74) is 2.76. The largest absolute Gasteiger partial charge is 0.348 e. The molecule has 0 aliphatic rings. The van der Waals surface area contributed by atoms with E-state index in [2.05, 4.69) is 25.8 Å². The summed E-state index contributed by atoms with van der Waals surface area (Å²) in [6, 6.07) is 7.28. The van der Waals surface area contributed by atoms with Crippen LogP contribution in [-0.2, 0) is 11.8 Å². The Balaban J connectivity index is 1.68. The highest BCUT2D eigenvalue weighted by Crippen LogP contribution is 2.18. The van der Waals surface area contributed by atoms with Gasteiger partial charge in [-0.1, -0.05) is 12.1 Å². The summed E-state index contributed by atoms with van der Waals surface area (Å²) in [5.74, 6) is -0.0941. The molecule has 3 aromatic rings. The van der Waals surface area contributed by atoms with Gasteiger partial charge in [-0.2, -0.15) is 10.2 Å². The lowest BCUT2D eigenvalue weighted by Gasteiger charge is -2.19. The number of carbonyl (C=O) groups excluding carboxylic acids is 1. The number of hydrogen-bond acceptors (Lipinski definition) is 5. The van der Waals surface area contributed by atoms with Gasteiger partial charge in [0.25, 0.3) is 0 Å². The van der Waals surface area contributed by atoms with Crippen molar-refractivity contribution in [1.82, 2.24) is 35.2 Å². The van der Waals surface area contributed by atoms with Crippen molar-refractivity contribution in [2.24, 2.45) is 7.05 Å². The topological polar surface area (TPSA) is 89.7 Å². The number of nitrogens with zero attached hydrogens (tertiary/aromatic N) is 5. The molecule has 25 heavy (non-hydrogen) atoms. The van der Waals surface area contributed by atoms with E-state index in [4.69, 9.17) is 0 Å². The number of hydrogen-bond donors (Lipinski definition) is 2. The highest BCUT2D eigenvalue weighted by Gasteiger charge is 2.22. The fourth-order valence-corrected chi connectivity index (χ4v) is 2.68. The van der Waals surface area contributed by atoms with E-state index in [9.17, 15) is 4.79 Å². The molecule has 0 radical (unpaired) electrons. The first-order valence-electron chi connectivity index (χ1n) is 7.99. The molecule has 0 spiro atoms. The first-order valence-corrected chi connectivity index (χ1v) is 7.99. The van der Waals surface area contributed by atoms with Gasteiger partial charge < -0.3 is 10.6 Å². The number of nitrogens with one attached hydrogen (secondary N) is 2. The first-order chi connectivity index (χ1) is 12.1.